The topological polar surface area (TPSA) is 27.8 Å². The van der Waals surface area contributed by atoms with Crippen LogP contribution in [-0.2, 0) is 0 Å². The zero-order valence-corrected chi connectivity index (χ0v) is 7.69. The van der Waals surface area contributed by atoms with Crippen LogP contribution in [-0.4, -0.2) is 11.5 Å². The van der Waals surface area contributed by atoms with Crippen LogP contribution in [0.4, 0.5) is 0 Å². The van der Waals surface area contributed by atoms with Gasteiger partial charge in [-0.05, 0) is 19.4 Å². The molecule has 0 saturated carbocycles. The van der Waals surface area contributed by atoms with E-state index in [1.54, 1.807) is 0 Å². The SMILES string of the molecule is Clc1c[nH]cc1C1CCCCN1. The predicted molar refractivity (Wildman–Crippen MR) is 50.4 cm³/mol. The molecular weight excluding hydrogens is 172 g/mol. The molecule has 1 aliphatic rings. The molecule has 0 bridgehead atoms. The Balaban J connectivity index is 2.13. The van der Waals surface area contributed by atoms with E-state index in [-0.39, 0.29) is 0 Å². The van der Waals surface area contributed by atoms with Crippen LogP contribution in [0.2, 0.25) is 5.02 Å². The number of hydrogen-bond donors (Lipinski definition) is 2. The Morgan fingerprint density at radius 2 is 2.25 bits per heavy atom. The highest BCUT2D eigenvalue weighted by molar-refractivity contribution is 6.31. The fraction of sp³-hybridized carbons (Fsp3) is 0.556. The van der Waals surface area contributed by atoms with Crippen LogP contribution >= 0.6 is 11.6 Å². The third-order valence-electron chi connectivity index (χ3n) is 2.41. The lowest BCUT2D eigenvalue weighted by Crippen LogP contribution is -2.26. The van der Waals surface area contributed by atoms with Crippen molar-refractivity contribution in [2.24, 2.45) is 0 Å². The summed E-state index contributed by atoms with van der Waals surface area (Å²) in [5.74, 6) is 0. The maximum atomic E-state index is 6.00. The molecule has 3 heteroatoms. The van der Waals surface area contributed by atoms with Gasteiger partial charge in [-0.15, -0.1) is 0 Å². The Labute approximate surface area is 77.3 Å². The van der Waals surface area contributed by atoms with Gasteiger partial charge in [0.05, 0.1) is 5.02 Å². The average molecular weight is 185 g/mol. The second-order valence-electron chi connectivity index (χ2n) is 3.26. The van der Waals surface area contributed by atoms with Crippen LogP contribution in [0.1, 0.15) is 30.9 Å². The van der Waals surface area contributed by atoms with Crippen molar-refractivity contribution in [3.05, 3.63) is 23.0 Å². The van der Waals surface area contributed by atoms with E-state index in [9.17, 15) is 0 Å². The lowest BCUT2D eigenvalue weighted by Gasteiger charge is -2.22. The third-order valence-corrected chi connectivity index (χ3v) is 2.74. The first-order valence-corrected chi connectivity index (χ1v) is 4.81. The van der Waals surface area contributed by atoms with Gasteiger partial charge in [0, 0.05) is 24.0 Å². The van der Waals surface area contributed by atoms with Crippen molar-refractivity contribution in [3.8, 4) is 0 Å². The number of hydrogen-bond acceptors (Lipinski definition) is 1. The molecule has 1 saturated heterocycles. The molecular formula is C9H13ClN2. The van der Waals surface area contributed by atoms with Crippen LogP contribution in [0.3, 0.4) is 0 Å². The van der Waals surface area contributed by atoms with E-state index in [0.29, 0.717) is 6.04 Å². The van der Waals surface area contributed by atoms with Gasteiger partial charge in [0.25, 0.3) is 0 Å². The number of piperidine rings is 1. The molecule has 0 spiro atoms. The first-order chi connectivity index (χ1) is 5.88. The number of halogens is 1. The van der Waals surface area contributed by atoms with Crippen molar-refractivity contribution in [2.45, 2.75) is 25.3 Å². The first-order valence-electron chi connectivity index (χ1n) is 4.43. The summed E-state index contributed by atoms with van der Waals surface area (Å²) in [5, 5.41) is 4.31. The summed E-state index contributed by atoms with van der Waals surface area (Å²) in [6.45, 7) is 1.12. The number of aromatic nitrogens is 1. The molecule has 2 rings (SSSR count). The average Bonchev–Trinajstić information content (AvgIpc) is 2.53. The minimum Gasteiger partial charge on any atom is -0.366 e. The molecule has 1 unspecified atom stereocenters. The zero-order valence-electron chi connectivity index (χ0n) is 6.94. The van der Waals surface area contributed by atoms with Crippen LogP contribution in [0.15, 0.2) is 12.4 Å². The van der Waals surface area contributed by atoms with Gasteiger partial charge < -0.3 is 10.3 Å². The van der Waals surface area contributed by atoms with Crippen LogP contribution in [0.25, 0.3) is 0 Å². The van der Waals surface area contributed by atoms with E-state index in [1.165, 1.54) is 24.8 Å². The Morgan fingerprint density at radius 1 is 1.33 bits per heavy atom. The van der Waals surface area contributed by atoms with E-state index < -0.39 is 0 Å². The Hall–Kier alpha value is -0.470. The van der Waals surface area contributed by atoms with E-state index in [4.69, 9.17) is 11.6 Å². The van der Waals surface area contributed by atoms with Crippen molar-refractivity contribution >= 4 is 11.6 Å². The molecule has 66 valence electrons. The Morgan fingerprint density at radius 3 is 2.83 bits per heavy atom. The van der Waals surface area contributed by atoms with Crippen LogP contribution in [0, 0.1) is 0 Å². The van der Waals surface area contributed by atoms with Gasteiger partial charge in [-0.1, -0.05) is 18.0 Å². The third kappa shape index (κ3) is 1.50. The number of aromatic amines is 1. The minimum atomic E-state index is 0.470. The highest BCUT2D eigenvalue weighted by Crippen LogP contribution is 2.28. The zero-order chi connectivity index (χ0) is 8.39. The molecule has 0 amide bonds. The smallest absolute Gasteiger partial charge is 0.0628 e. The lowest BCUT2D eigenvalue weighted by atomic mass is 10.00. The molecule has 0 aliphatic carbocycles. The van der Waals surface area contributed by atoms with Crippen LogP contribution in [0.5, 0.6) is 0 Å². The second kappa shape index (κ2) is 3.50. The second-order valence-corrected chi connectivity index (χ2v) is 3.67. The Kier molecular flexibility index (Phi) is 2.38. The van der Waals surface area contributed by atoms with Gasteiger partial charge in [0.15, 0.2) is 0 Å². The van der Waals surface area contributed by atoms with Gasteiger partial charge in [-0.2, -0.15) is 0 Å². The van der Waals surface area contributed by atoms with Gasteiger partial charge in [-0.25, -0.2) is 0 Å². The summed E-state index contributed by atoms with van der Waals surface area (Å²) >= 11 is 6.00. The standard InChI is InChI=1S/C9H13ClN2/c10-8-6-11-5-7(8)9-3-1-2-4-12-9/h5-6,9,11-12H,1-4H2. The van der Waals surface area contributed by atoms with Crippen molar-refractivity contribution < 1.29 is 0 Å². The van der Waals surface area contributed by atoms with Crippen LogP contribution < -0.4 is 5.32 Å². The molecule has 0 radical (unpaired) electrons. The highest BCUT2D eigenvalue weighted by Gasteiger charge is 2.17. The molecule has 0 aromatic carbocycles. The first kappa shape index (κ1) is 8.14. The molecule has 1 aromatic heterocycles. The Bertz CT molecular complexity index is 251. The molecule has 2 N–H and O–H groups in total. The monoisotopic (exact) mass is 184 g/mol. The maximum absolute atomic E-state index is 6.00. The molecule has 1 fully saturated rings. The fourth-order valence-corrected chi connectivity index (χ4v) is 1.99. The van der Waals surface area contributed by atoms with E-state index in [0.717, 1.165) is 11.6 Å². The van der Waals surface area contributed by atoms with Crippen molar-refractivity contribution in [3.63, 3.8) is 0 Å². The quantitative estimate of drug-likeness (QED) is 0.690. The summed E-state index contributed by atoms with van der Waals surface area (Å²) in [7, 11) is 0. The summed E-state index contributed by atoms with van der Waals surface area (Å²) < 4.78 is 0. The predicted octanol–water partition coefficient (Wildman–Crippen LogP) is 2.48. The van der Waals surface area contributed by atoms with Gasteiger partial charge >= 0.3 is 0 Å². The molecule has 1 aromatic rings. The molecule has 2 heterocycles. The normalized spacial score (nSPS) is 24.2. The molecule has 12 heavy (non-hydrogen) atoms. The molecule has 2 nitrogen and oxygen atoms in total. The van der Waals surface area contributed by atoms with Crippen molar-refractivity contribution in [1.82, 2.24) is 10.3 Å². The van der Waals surface area contributed by atoms with E-state index >= 15 is 0 Å². The summed E-state index contributed by atoms with van der Waals surface area (Å²) in [5.41, 5.74) is 1.22. The number of nitrogens with one attached hydrogen (secondary N) is 2. The van der Waals surface area contributed by atoms with E-state index in [1.807, 2.05) is 12.4 Å². The largest absolute Gasteiger partial charge is 0.366 e. The summed E-state index contributed by atoms with van der Waals surface area (Å²) in [6, 6.07) is 0.470. The fourth-order valence-electron chi connectivity index (χ4n) is 1.74. The highest BCUT2D eigenvalue weighted by atomic mass is 35.5. The summed E-state index contributed by atoms with van der Waals surface area (Å²) in [4.78, 5) is 3.02. The molecule has 1 atom stereocenters. The molecule has 1 aliphatic heterocycles. The van der Waals surface area contributed by atoms with E-state index in [2.05, 4.69) is 10.3 Å². The van der Waals surface area contributed by atoms with Crippen molar-refractivity contribution in [1.29, 1.82) is 0 Å². The van der Waals surface area contributed by atoms with Gasteiger partial charge in [0.1, 0.15) is 0 Å². The summed E-state index contributed by atoms with van der Waals surface area (Å²) in [6.07, 6.45) is 7.63. The minimum absolute atomic E-state index is 0.470. The lowest BCUT2D eigenvalue weighted by molar-refractivity contribution is 0.412. The van der Waals surface area contributed by atoms with Gasteiger partial charge in [0.2, 0.25) is 0 Å². The van der Waals surface area contributed by atoms with Crippen molar-refractivity contribution in [2.75, 3.05) is 6.54 Å². The maximum Gasteiger partial charge on any atom is 0.0628 e. The number of H-pyrrole nitrogens is 1. The number of rotatable bonds is 1. The van der Waals surface area contributed by atoms with Gasteiger partial charge in [-0.3, -0.25) is 0 Å².